The first-order valence-corrected chi connectivity index (χ1v) is 7.31. The molecule has 2 aromatic rings. The van der Waals surface area contributed by atoms with Crippen molar-refractivity contribution >= 4 is 11.9 Å². The number of amides is 3. The van der Waals surface area contributed by atoms with Gasteiger partial charge in [-0.15, -0.1) is 5.10 Å². The molecule has 1 atom stereocenters. The summed E-state index contributed by atoms with van der Waals surface area (Å²) in [5, 5.41) is 10.7. The molecule has 1 saturated heterocycles. The number of aromatic nitrogens is 5. The predicted molar refractivity (Wildman–Crippen MR) is 79.0 cm³/mol. The number of carbonyl (C=O) groups is 2. The maximum absolute atomic E-state index is 12.4. The van der Waals surface area contributed by atoms with Crippen molar-refractivity contribution in [1.82, 2.24) is 35.2 Å². The molecule has 1 aliphatic heterocycles. The first-order chi connectivity index (χ1) is 11.0. The van der Waals surface area contributed by atoms with Crippen LogP contribution >= 0.6 is 0 Å². The van der Waals surface area contributed by atoms with Crippen molar-refractivity contribution in [2.45, 2.75) is 38.9 Å². The standard InChI is InChI=1S/C14H17N7O2/c1-9(2)21-7-11(18-19-21)3-12-13(22)20(14(23)17-12)6-10-4-15-8-16-5-10/h4-5,7-9,12H,3,6H2,1-2H3,(H,17,23). The van der Waals surface area contributed by atoms with Crippen molar-refractivity contribution in [2.24, 2.45) is 0 Å². The number of carbonyl (C=O) groups excluding carboxylic acids is 2. The first-order valence-electron chi connectivity index (χ1n) is 7.31. The average molecular weight is 315 g/mol. The molecular formula is C14H17N7O2. The highest BCUT2D eigenvalue weighted by Gasteiger charge is 2.38. The SMILES string of the molecule is CC(C)n1cc(CC2NC(=O)N(Cc3cncnc3)C2=O)nn1. The van der Waals surface area contributed by atoms with Gasteiger partial charge in [0.15, 0.2) is 0 Å². The van der Waals surface area contributed by atoms with Crippen molar-refractivity contribution in [3.8, 4) is 0 Å². The second-order valence-electron chi connectivity index (χ2n) is 5.66. The zero-order valence-corrected chi connectivity index (χ0v) is 12.9. The van der Waals surface area contributed by atoms with Gasteiger partial charge in [-0.3, -0.25) is 9.69 Å². The van der Waals surface area contributed by atoms with E-state index in [0.29, 0.717) is 17.7 Å². The maximum Gasteiger partial charge on any atom is 0.325 e. The van der Waals surface area contributed by atoms with E-state index in [4.69, 9.17) is 0 Å². The van der Waals surface area contributed by atoms with Crippen LogP contribution < -0.4 is 5.32 Å². The van der Waals surface area contributed by atoms with E-state index >= 15 is 0 Å². The van der Waals surface area contributed by atoms with E-state index in [1.165, 1.54) is 6.33 Å². The lowest BCUT2D eigenvalue weighted by Gasteiger charge is -2.12. The van der Waals surface area contributed by atoms with Crippen LogP contribution in [-0.4, -0.2) is 47.8 Å². The van der Waals surface area contributed by atoms with Crippen LogP contribution in [0, 0.1) is 0 Å². The van der Waals surface area contributed by atoms with Gasteiger partial charge in [0.25, 0.3) is 5.91 Å². The number of hydrogen-bond acceptors (Lipinski definition) is 6. The monoisotopic (exact) mass is 315 g/mol. The third kappa shape index (κ3) is 3.17. The van der Waals surface area contributed by atoms with E-state index in [9.17, 15) is 9.59 Å². The molecule has 0 aliphatic carbocycles. The van der Waals surface area contributed by atoms with Gasteiger partial charge >= 0.3 is 6.03 Å². The molecule has 9 nitrogen and oxygen atoms in total. The van der Waals surface area contributed by atoms with Crippen LogP contribution in [0.2, 0.25) is 0 Å². The highest BCUT2D eigenvalue weighted by molar-refractivity contribution is 6.04. The molecule has 23 heavy (non-hydrogen) atoms. The van der Waals surface area contributed by atoms with Crippen molar-refractivity contribution in [2.75, 3.05) is 0 Å². The van der Waals surface area contributed by atoms with Crippen LogP contribution in [0.15, 0.2) is 24.9 Å². The molecule has 0 bridgehead atoms. The summed E-state index contributed by atoms with van der Waals surface area (Å²) in [4.78, 5) is 33.4. The Bertz CT molecular complexity index is 713. The number of nitrogens with zero attached hydrogens (tertiary/aromatic N) is 6. The summed E-state index contributed by atoms with van der Waals surface area (Å²) < 4.78 is 1.72. The molecule has 120 valence electrons. The molecular weight excluding hydrogens is 298 g/mol. The van der Waals surface area contributed by atoms with E-state index in [1.807, 2.05) is 13.8 Å². The zero-order chi connectivity index (χ0) is 16.4. The van der Waals surface area contributed by atoms with Gasteiger partial charge in [0.05, 0.1) is 12.2 Å². The number of urea groups is 1. The van der Waals surface area contributed by atoms with E-state index in [2.05, 4.69) is 25.6 Å². The Kier molecular flexibility index (Phi) is 4.00. The lowest BCUT2D eigenvalue weighted by atomic mass is 10.1. The van der Waals surface area contributed by atoms with Crippen molar-refractivity contribution in [1.29, 1.82) is 0 Å². The highest BCUT2D eigenvalue weighted by Crippen LogP contribution is 2.14. The molecule has 3 amide bonds. The molecule has 1 aliphatic rings. The van der Waals surface area contributed by atoms with E-state index in [0.717, 1.165) is 4.90 Å². The molecule has 3 heterocycles. The minimum atomic E-state index is -0.621. The minimum absolute atomic E-state index is 0.153. The summed E-state index contributed by atoms with van der Waals surface area (Å²) in [6.45, 7) is 4.13. The van der Waals surface area contributed by atoms with Gasteiger partial charge in [0, 0.05) is 36.6 Å². The van der Waals surface area contributed by atoms with Crippen LogP contribution in [0.1, 0.15) is 31.1 Å². The van der Waals surface area contributed by atoms with Gasteiger partial charge in [0.1, 0.15) is 12.4 Å². The van der Waals surface area contributed by atoms with E-state index < -0.39 is 12.1 Å². The molecule has 1 N–H and O–H groups in total. The van der Waals surface area contributed by atoms with Gasteiger partial charge in [-0.25, -0.2) is 19.4 Å². The Labute approximate surface area is 132 Å². The Balaban J connectivity index is 1.68. The second-order valence-corrected chi connectivity index (χ2v) is 5.66. The fourth-order valence-corrected chi connectivity index (χ4v) is 2.33. The van der Waals surface area contributed by atoms with E-state index in [1.54, 1.807) is 23.3 Å². The normalized spacial score (nSPS) is 17.9. The Morgan fingerprint density at radius 1 is 1.26 bits per heavy atom. The van der Waals surface area contributed by atoms with Crippen molar-refractivity contribution in [3.05, 3.63) is 36.2 Å². The summed E-state index contributed by atoms with van der Waals surface area (Å²) in [6.07, 6.45) is 6.66. The van der Waals surface area contributed by atoms with Crippen LogP contribution in [-0.2, 0) is 17.8 Å². The number of nitrogens with one attached hydrogen (secondary N) is 1. The maximum atomic E-state index is 12.4. The topological polar surface area (TPSA) is 106 Å². The molecule has 0 aromatic carbocycles. The fourth-order valence-electron chi connectivity index (χ4n) is 2.33. The Morgan fingerprint density at radius 2 is 2.00 bits per heavy atom. The number of rotatable bonds is 5. The van der Waals surface area contributed by atoms with Gasteiger partial charge < -0.3 is 5.32 Å². The smallest absolute Gasteiger partial charge is 0.325 e. The van der Waals surface area contributed by atoms with Crippen LogP contribution in [0.5, 0.6) is 0 Å². The van der Waals surface area contributed by atoms with Crippen LogP contribution in [0.25, 0.3) is 0 Å². The summed E-state index contributed by atoms with van der Waals surface area (Å²) in [5.41, 5.74) is 1.37. The van der Waals surface area contributed by atoms with Crippen molar-refractivity contribution < 1.29 is 9.59 Å². The first kappa shape index (κ1) is 15.1. The van der Waals surface area contributed by atoms with Crippen LogP contribution in [0.4, 0.5) is 4.79 Å². The predicted octanol–water partition coefficient (Wildman–Crippen LogP) is 0.312. The summed E-state index contributed by atoms with van der Waals surface area (Å²) in [7, 11) is 0. The molecule has 1 unspecified atom stereocenters. The number of hydrogen-bond donors (Lipinski definition) is 1. The Hall–Kier alpha value is -2.84. The third-order valence-electron chi connectivity index (χ3n) is 3.56. The molecule has 0 spiro atoms. The van der Waals surface area contributed by atoms with E-state index in [-0.39, 0.29) is 18.5 Å². The summed E-state index contributed by atoms with van der Waals surface area (Å²) in [6, 6.07) is -0.843. The fraction of sp³-hybridized carbons (Fsp3) is 0.429. The molecule has 3 rings (SSSR count). The molecule has 1 fully saturated rings. The zero-order valence-electron chi connectivity index (χ0n) is 12.9. The van der Waals surface area contributed by atoms with Gasteiger partial charge in [-0.05, 0) is 13.8 Å². The van der Waals surface area contributed by atoms with Gasteiger partial charge in [0.2, 0.25) is 0 Å². The van der Waals surface area contributed by atoms with Gasteiger partial charge in [-0.1, -0.05) is 5.21 Å². The van der Waals surface area contributed by atoms with Crippen molar-refractivity contribution in [3.63, 3.8) is 0 Å². The third-order valence-corrected chi connectivity index (χ3v) is 3.56. The lowest BCUT2D eigenvalue weighted by molar-refractivity contribution is -0.127. The Morgan fingerprint density at radius 3 is 2.65 bits per heavy atom. The lowest BCUT2D eigenvalue weighted by Crippen LogP contribution is -2.32. The molecule has 2 aromatic heterocycles. The van der Waals surface area contributed by atoms with Gasteiger partial charge in [-0.2, -0.15) is 0 Å². The second kappa shape index (κ2) is 6.11. The average Bonchev–Trinajstić information content (AvgIpc) is 3.10. The highest BCUT2D eigenvalue weighted by atomic mass is 16.2. The van der Waals surface area contributed by atoms with Crippen LogP contribution in [0.3, 0.4) is 0 Å². The summed E-state index contributed by atoms with van der Waals surface area (Å²) in [5.74, 6) is -0.280. The number of imide groups is 1. The molecule has 0 radical (unpaired) electrons. The molecule has 0 saturated carbocycles. The minimum Gasteiger partial charge on any atom is -0.325 e. The molecule has 9 heteroatoms. The quantitative estimate of drug-likeness (QED) is 0.796. The summed E-state index contributed by atoms with van der Waals surface area (Å²) >= 11 is 0. The largest absolute Gasteiger partial charge is 0.325 e.